The molecule has 0 bridgehead atoms. The lowest BCUT2D eigenvalue weighted by molar-refractivity contribution is -0.117. The van der Waals surface area contributed by atoms with Gasteiger partial charge in [-0.3, -0.25) is 4.79 Å². The number of aromatic hydroxyl groups is 1. The number of nitrogen functional groups attached to an aromatic ring is 1. The number of benzene rings is 2. The molecule has 0 unspecified atom stereocenters. The van der Waals surface area contributed by atoms with Crippen LogP contribution >= 0.6 is 0 Å². The Morgan fingerprint density at radius 3 is 2.85 bits per heavy atom. The minimum absolute atomic E-state index is 0.00461. The number of anilines is 2. The molecule has 102 valence electrons. The average molecular weight is 268 g/mol. The van der Waals surface area contributed by atoms with Gasteiger partial charge < -0.3 is 15.7 Å². The van der Waals surface area contributed by atoms with Crippen molar-refractivity contribution in [1.29, 1.82) is 0 Å². The van der Waals surface area contributed by atoms with Crippen molar-refractivity contribution in [3.8, 4) is 5.75 Å². The molecule has 0 radical (unpaired) electrons. The van der Waals surface area contributed by atoms with Gasteiger partial charge in [0.15, 0.2) is 0 Å². The summed E-state index contributed by atoms with van der Waals surface area (Å²) in [6, 6.07) is 12.6. The van der Waals surface area contributed by atoms with Crippen LogP contribution in [0.3, 0.4) is 0 Å². The van der Waals surface area contributed by atoms with Gasteiger partial charge in [-0.15, -0.1) is 0 Å². The summed E-state index contributed by atoms with van der Waals surface area (Å²) in [4.78, 5) is 14.2. The van der Waals surface area contributed by atoms with Crippen LogP contribution in [0.5, 0.6) is 5.75 Å². The van der Waals surface area contributed by atoms with E-state index in [0.717, 1.165) is 23.4 Å². The van der Waals surface area contributed by atoms with Gasteiger partial charge in [-0.05, 0) is 36.2 Å². The average Bonchev–Trinajstić information content (AvgIpc) is 2.84. The van der Waals surface area contributed by atoms with Crippen LogP contribution in [0.4, 0.5) is 11.4 Å². The number of amides is 1. The van der Waals surface area contributed by atoms with Gasteiger partial charge in [0.25, 0.3) is 0 Å². The molecule has 1 heterocycles. The number of fused-ring (bicyclic) bond motifs is 1. The lowest BCUT2D eigenvalue weighted by Crippen LogP contribution is -2.30. The van der Waals surface area contributed by atoms with Crippen molar-refractivity contribution in [3.05, 3.63) is 53.6 Å². The third kappa shape index (κ3) is 2.20. The quantitative estimate of drug-likeness (QED) is 0.820. The van der Waals surface area contributed by atoms with Crippen LogP contribution in [0.15, 0.2) is 42.5 Å². The van der Waals surface area contributed by atoms with Gasteiger partial charge in [0.1, 0.15) is 5.75 Å². The third-order valence-corrected chi connectivity index (χ3v) is 3.63. The molecule has 1 amide bonds. The first-order chi connectivity index (χ1) is 9.65. The molecular weight excluding hydrogens is 252 g/mol. The minimum atomic E-state index is -0.00461. The molecule has 4 nitrogen and oxygen atoms in total. The summed E-state index contributed by atoms with van der Waals surface area (Å²) in [6.45, 7) is 0.672. The van der Waals surface area contributed by atoms with Crippen molar-refractivity contribution < 1.29 is 9.90 Å². The number of para-hydroxylation sites is 1. The Morgan fingerprint density at radius 1 is 1.25 bits per heavy atom. The molecule has 0 fully saturated rings. The maximum absolute atomic E-state index is 12.4. The van der Waals surface area contributed by atoms with E-state index < -0.39 is 0 Å². The number of carbonyl (C=O) groups is 1. The van der Waals surface area contributed by atoms with Gasteiger partial charge in [-0.2, -0.15) is 0 Å². The zero-order valence-electron chi connectivity index (χ0n) is 11.0. The number of phenolic OH excluding ortho intramolecular Hbond substituents is 1. The summed E-state index contributed by atoms with van der Waals surface area (Å²) in [7, 11) is 0. The highest BCUT2D eigenvalue weighted by Crippen LogP contribution is 2.30. The molecule has 2 aromatic rings. The molecule has 1 aliphatic heterocycles. The van der Waals surface area contributed by atoms with E-state index >= 15 is 0 Å². The second-order valence-corrected chi connectivity index (χ2v) is 4.99. The van der Waals surface area contributed by atoms with Crippen molar-refractivity contribution >= 4 is 17.3 Å². The Balaban J connectivity index is 1.82. The maximum atomic E-state index is 12.4. The van der Waals surface area contributed by atoms with Crippen LogP contribution < -0.4 is 10.6 Å². The highest BCUT2D eigenvalue weighted by Gasteiger charge is 2.25. The molecule has 2 aromatic carbocycles. The largest absolute Gasteiger partial charge is 0.508 e. The molecule has 0 saturated heterocycles. The van der Waals surface area contributed by atoms with E-state index in [4.69, 9.17) is 5.73 Å². The number of nitrogens with two attached hydrogens (primary N) is 1. The van der Waals surface area contributed by atoms with E-state index in [1.165, 1.54) is 0 Å². The first-order valence-electron chi connectivity index (χ1n) is 6.61. The van der Waals surface area contributed by atoms with E-state index in [2.05, 4.69) is 0 Å². The fraction of sp³-hybridized carbons (Fsp3) is 0.188. The predicted molar refractivity (Wildman–Crippen MR) is 78.7 cm³/mol. The number of carbonyl (C=O) groups excluding carboxylic acids is 1. The van der Waals surface area contributed by atoms with E-state index in [0.29, 0.717) is 12.1 Å². The van der Waals surface area contributed by atoms with Crippen molar-refractivity contribution in [2.24, 2.45) is 0 Å². The zero-order valence-corrected chi connectivity index (χ0v) is 11.0. The molecule has 1 aliphatic rings. The summed E-state index contributed by atoms with van der Waals surface area (Å²) in [6.07, 6.45) is 1.03. The Hall–Kier alpha value is -2.49. The van der Waals surface area contributed by atoms with Crippen LogP contribution in [0.2, 0.25) is 0 Å². The third-order valence-electron chi connectivity index (χ3n) is 3.63. The van der Waals surface area contributed by atoms with Crippen LogP contribution in [-0.2, 0) is 17.6 Å². The van der Waals surface area contributed by atoms with Crippen LogP contribution in [-0.4, -0.2) is 17.6 Å². The standard InChI is InChI=1S/C16H16N2O2/c17-13-5-6-14-11(9-13)7-8-18(14)16(20)10-12-3-1-2-4-15(12)19/h1-6,9,19H,7-8,10,17H2. The number of hydrogen-bond donors (Lipinski definition) is 2. The number of rotatable bonds is 2. The Labute approximate surface area is 117 Å². The number of phenols is 1. The summed E-state index contributed by atoms with van der Waals surface area (Å²) in [5, 5.41) is 9.75. The van der Waals surface area contributed by atoms with Crippen LogP contribution in [0.1, 0.15) is 11.1 Å². The Kier molecular flexibility index (Phi) is 3.06. The lowest BCUT2D eigenvalue weighted by atomic mass is 10.1. The fourth-order valence-corrected chi connectivity index (χ4v) is 2.60. The van der Waals surface area contributed by atoms with Crippen LogP contribution in [0, 0.1) is 0 Å². The Bertz CT molecular complexity index is 667. The molecule has 3 rings (SSSR count). The predicted octanol–water partition coefficient (Wildman–Crippen LogP) is 2.11. The minimum Gasteiger partial charge on any atom is -0.508 e. The maximum Gasteiger partial charge on any atom is 0.231 e. The van der Waals surface area contributed by atoms with Gasteiger partial charge in [-0.25, -0.2) is 0 Å². The van der Waals surface area contributed by atoms with E-state index in [9.17, 15) is 9.90 Å². The van der Waals surface area contributed by atoms with Crippen molar-refractivity contribution in [3.63, 3.8) is 0 Å². The lowest BCUT2D eigenvalue weighted by Gasteiger charge is -2.17. The van der Waals surface area contributed by atoms with Crippen molar-refractivity contribution in [2.75, 3.05) is 17.2 Å². The molecule has 3 N–H and O–H groups in total. The monoisotopic (exact) mass is 268 g/mol. The summed E-state index contributed by atoms with van der Waals surface area (Å²) in [5.74, 6) is 0.160. The van der Waals surface area contributed by atoms with E-state index in [1.54, 1.807) is 23.1 Å². The first-order valence-corrected chi connectivity index (χ1v) is 6.61. The molecule has 0 spiro atoms. The molecule has 0 saturated carbocycles. The first kappa shape index (κ1) is 12.5. The molecule has 4 heteroatoms. The molecule has 0 atom stereocenters. The highest BCUT2D eigenvalue weighted by atomic mass is 16.3. The van der Waals surface area contributed by atoms with Crippen molar-refractivity contribution in [2.45, 2.75) is 12.8 Å². The van der Waals surface area contributed by atoms with Gasteiger partial charge in [0, 0.05) is 23.5 Å². The fourth-order valence-electron chi connectivity index (χ4n) is 2.60. The van der Waals surface area contributed by atoms with E-state index in [-0.39, 0.29) is 18.1 Å². The smallest absolute Gasteiger partial charge is 0.231 e. The normalized spacial score (nSPS) is 13.3. The highest BCUT2D eigenvalue weighted by molar-refractivity contribution is 5.97. The summed E-state index contributed by atoms with van der Waals surface area (Å²) in [5.41, 5.74) is 9.17. The van der Waals surface area contributed by atoms with Crippen molar-refractivity contribution in [1.82, 2.24) is 0 Å². The zero-order chi connectivity index (χ0) is 14.1. The second-order valence-electron chi connectivity index (χ2n) is 4.99. The molecule has 20 heavy (non-hydrogen) atoms. The SMILES string of the molecule is Nc1ccc2c(c1)CCN2C(=O)Cc1ccccc1O. The Morgan fingerprint density at radius 2 is 2.05 bits per heavy atom. The van der Waals surface area contributed by atoms with Gasteiger partial charge in [-0.1, -0.05) is 18.2 Å². The van der Waals surface area contributed by atoms with Gasteiger partial charge in [0.2, 0.25) is 5.91 Å². The second kappa shape index (κ2) is 4.89. The molecule has 0 aliphatic carbocycles. The van der Waals surface area contributed by atoms with Gasteiger partial charge in [0.05, 0.1) is 6.42 Å². The summed E-state index contributed by atoms with van der Waals surface area (Å²) < 4.78 is 0. The number of hydrogen-bond acceptors (Lipinski definition) is 3. The number of nitrogens with zero attached hydrogens (tertiary/aromatic N) is 1. The molecular formula is C16H16N2O2. The summed E-state index contributed by atoms with van der Waals surface area (Å²) >= 11 is 0. The topological polar surface area (TPSA) is 66.6 Å². The molecule has 0 aromatic heterocycles. The van der Waals surface area contributed by atoms with Gasteiger partial charge >= 0.3 is 0 Å². The van der Waals surface area contributed by atoms with E-state index in [1.807, 2.05) is 24.3 Å². The van der Waals surface area contributed by atoms with Crippen LogP contribution in [0.25, 0.3) is 0 Å².